The molecule has 0 aliphatic carbocycles. The Kier molecular flexibility index (Phi) is 11.9. The highest BCUT2D eigenvalue weighted by Gasteiger charge is 2.23. The van der Waals surface area contributed by atoms with Crippen molar-refractivity contribution >= 4 is 33.6 Å². The van der Waals surface area contributed by atoms with Gasteiger partial charge in [0.25, 0.3) is 0 Å². The van der Waals surface area contributed by atoms with E-state index in [-0.39, 0.29) is 24.4 Å². The van der Waals surface area contributed by atoms with Crippen molar-refractivity contribution in [3.05, 3.63) is 76.5 Å². The van der Waals surface area contributed by atoms with Gasteiger partial charge in [0.1, 0.15) is 18.0 Å². The zero-order valence-corrected chi connectivity index (χ0v) is 25.7. The number of hydrogen-bond acceptors (Lipinski definition) is 4. The van der Waals surface area contributed by atoms with Crippen molar-refractivity contribution in [3.63, 3.8) is 0 Å². The minimum absolute atomic E-state index is 0.0117. The van der Waals surface area contributed by atoms with Crippen molar-refractivity contribution < 1.29 is 19.1 Å². The summed E-state index contributed by atoms with van der Waals surface area (Å²) in [6.45, 7) is 8.43. The Morgan fingerprint density at radius 2 is 1.68 bits per heavy atom. The summed E-state index contributed by atoms with van der Waals surface area (Å²) < 4.78 is 13.9. The second-order valence-electron chi connectivity index (χ2n) is 10.2. The molecule has 1 N–H and O–H groups in total. The number of amides is 3. The van der Waals surface area contributed by atoms with E-state index in [0.717, 1.165) is 29.6 Å². The molecular weight excluding hydrogens is 572 g/mol. The number of aromatic nitrogens is 1. The second kappa shape index (κ2) is 15.4. The summed E-state index contributed by atoms with van der Waals surface area (Å²) in [5, 5.41) is 2.92. The third-order valence-electron chi connectivity index (χ3n) is 6.48. The third kappa shape index (κ3) is 9.33. The molecular formula is C31H41BrN4O4. The van der Waals surface area contributed by atoms with Crippen molar-refractivity contribution in [2.45, 2.75) is 46.7 Å². The van der Waals surface area contributed by atoms with Gasteiger partial charge in [-0.2, -0.15) is 0 Å². The molecule has 3 amide bonds. The molecule has 0 atom stereocenters. The predicted octanol–water partition coefficient (Wildman–Crippen LogP) is 6.63. The number of methoxy groups -OCH3 is 2. The second-order valence-corrected chi connectivity index (χ2v) is 11.1. The van der Waals surface area contributed by atoms with E-state index in [9.17, 15) is 9.59 Å². The molecule has 0 spiro atoms. The number of rotatable bonds is 14. The number of ether oxygens (including phenoxy) is 2. The van der Waals surface area contributed by atoms with E-state index in [4.69, 9.17) is 9.47 Å². The quantitative estimate of drug-likeness (QED) is 0.221. The maximum atomic E-state index is 13.7. The Morgan fingerprint density at radius 1 is 1.00 bits per heavy atom. The van der Waals surface area contributed by atoms with Crippen LogP contribution < -0.4 is 14.8 Å². The van der Waals surface area contributed by atoms with Gasteiger partial charge in [-0.05, 0) is 42.2 Å². The molecule has 0 aliphatic heterocycles. The number of unbranched alkanes of at least 4 members (excludes halogenated alkanes) is 1. The van der Waals surface area contributed by atoms with Crippen LogP contribution in [0.1, 0.15) is 44.9 Å². The van der Waals surface area contributed by atoms with Gasteiger partial charge in [-0.1, -0.05) is 55.3 Å². The number of urea groups is 1. The van der Waals surface area contributed by atoms with Crippen molar-refractivity contribution in [2.24, 2.45) is 5.92 Å². The molecule has 0 aliphatic rings. The van der Waals surface area contributed by atoms with Crippen LogP contribution in [0.5, 0.6) is 11.5 Å². The number of benzene rings is 2. The average molecular weight is 614 g/mol. The maximum Gasteiger partial charge on any atom is 0.322 e. The molecule has 216 valence electrons. The number of carbonyl (C=O) groups is 2. The molecule has 1 heterocycles. The van der Waals surface area contributed by atoms with Crippen LogP contribution in [0.2, 0.25) is 0 Å². The first-order valence-electron chi connectivity index (χ1n) is 13.7. The van der Waals surface area contributed by atoms with Crippen molar-refractivity contribution in [1.82, 2.24) is 14.4 Å². The lowest BCUT2D eigenvalue weighted by atomic mass is 10.2. The highest BCUT2D eigenvalue weighted by atomic mass is 79.9. The van der Waals surface area contributed by atoms with Crippen LogP contribution in [-0.4, -0.2) is 60.2 Å². The molecule has 0 saturated carbocycles. The van der Waals surface area contributed by atoms with Gasteiger partial charge in [-0.15, -0.1) is 0 Å². The zero-order chi connectivity index (χ0) is 29.1. The Labute approximate surface area is 246 Å². The number of halogens is 1. The molecule has 0 bridgehead atoms. The van der Waals surface area contributed by atoms with E-state index in [2.05, 4.69) is 50.9 Å². The first-order valence-corrected chi connectivity index (χ1v) is 14.5. The highest BCUT2D eigenvalue weighted by Crippen LogP contribution is 2.26. The molecule has 40 heavy (non-hydrogen) atoms. The molecule has 0 fully saturated rings. The summed E-state index contributed by atoms with van der Waals surface area (Å²) in [7, 11) is 3.12. The average Bonchev–Trinajstić information content (AvgIpc) is 3.37. The topological polar surface area (TPSA) is 76.0 Å². The van der Waals surface area contributed by atoms with Crippen LogP contribution in [-0.2, 0) is 17.9 Å². The SMILES string of the molecule is CCCCN(Cc1cccn1Cc1ccc(Br)cc1)C(=O)CN(CC(C)C)C(=O)Nc1cc(OC)cc(OC)c1. The van der Waals surface area contributed by atoms with Crippen molar-refractivity contribution in [1.29, 1.82) is 0 Å². The van der Waals surface area contributed by atoms with E-state index in [1.54, 1.807) is 37.3 Å². The maximum absolute atomic E-state index is 13.7. The molecule has 0 unspecified atom stereocenters. The molecule has 9 heteroatoms. The zero-order valence-electron chi connectivity index (χ0n) is 24.2. The van der Waals surface area contributed by atoms with Crippen molar-refractivity contribution in [3.8, 4) is 11.5 Å². The number of carbonyl (C=O) groups excluding carboxylic acids is 2. The van der Waals surface area contributed by atoms with E-state index in [0.29, 0.717) is 36.8 Å². The summed E-state index contributed by atoms with van der Waals surface area (Å²) in [6, 6.07) is 17.2. The monoisotopic (exact) mass is 612 g/mol. The molecule has 0 radical (unpaired) electrons. The smallest absolute Gasteiger partial charge is 0.322 e. The lowest BCUT2D eigenvalue weighted by Crippen LogP contribution is -2.46. The van der Waals surface area contributed by atoms with Gasteiger partial charge in [-0.3, -0.25) is 4.79 Å². The van der Waals surface area contributed by atoms with Crippen LogP contribution in [0.25, 0.3) is 0 Å². The Balaban J connectivity index is 1.75. The minimum atomic E-state index is -0.341. The summed E-state index contributed by atoms with van der Waals surface area (Å²) in [6.07, 6.45) is 3.90. The van der Waals surface area contributed by atoms with Gasteiger partial charge in [-0.25, -0.2) is 4.79 Å². The van der Waals surface area contributed by atoms with Crippen LogP contribution in [0.3, 0.4) is 0 Å². The Bertz CT molecular complexity index is 1220. The molecule has 3 aromatic rings. The lowest BCUT2D eigenvalue weighted by Gasteiger charge is -2.29. The summed E-state index contributed by atoms with van der Waals surface area (Å²) in [4.78, 5) is 30.5. The van der Waals surface area contributed by atoms with E-state index < -0.39 is 0 Å². The first kappa shape index (κ1) is 31.1. The van der Waals surface area contributed by atoms with Gasteiger partial charge in [0.15, 0.2) is 0 Å². The highest BCUT2D eigenvalue weighted by molar-refractivity contribution is 9.10. The molecule has 3 rings (SSSR count). The molecule has 8 nitrogen and oxygen atoms in total. The first-order chi connectivity index (χ1) is 19.2. The van der Waals surface area contributed by atoms with E-state index in [1.165, 1.54) is 5.56 Å². The summed E-state index contributed by atoms with van der Waals surface area (Å²) >= 11 is 3.49. The predicted molar refractivity (Wildman–Crippen MR) is 163 cm³/mol. The summed E-state index contributed by atoms with van der Waals surface area (Å²) in [5.74, 6) is 1.24. The van der Waals surface area contributed by atoms with Crippen LogP contribution in [0.15, 0.2) is 65.3 Å². The van der Waals surface area contributed by atoms with Crippen molar-refractivity contribution in [2.75, 3.05) is 39.2 Å². The minimum Gasteiger partial charge on any atom is -0.497 e. The third-order valence-corrected chi connectivity index (χ3v) is 7.01. The largest absolute Gasteiger partial charge is 0.497 e. The standard InChI is InChI=1S/C31H41BrN4O4/c1-6-7-14-35(21-27-9-8-15-34(27)20-24-10-12-25(32)13-11-24)30(37)22-36(19-23(2)3)31(38)33-26-16-28(39-4)18-29(17-26)40-5/h8-13,15-18,23H,6-7,14,19-22H2,1-5H3,(H,33,38). The normalized spacial score (nSPS) is 10.9. The lowest BCUT2D eigenvalue weighted by molar-refractivity contribution is -0.132. The Morgan fingerprint density at radius 3 is 2.27 bits per heavy atom. The van der Waals surface area contributed by atoms with Gasteiger partial charge in [0, 0.05) is 59.9 Å². The number of nitrogens with zero attached hydrogens (tertiary/aromatic N) is 3. The van der Waals surface area contributed by atoms with Crippen LogP contribution in [0.4, 0.5) is 10.5 Å². The van der Waals surface area contributed by atoms with Gasteiger partial charge in [0.05, 0.1) is 20.8 Å². The van der Waals surface area contributed by atoms with Gasteiger partial charge < -0.3 is 29.2 Å². The fourth-order valence-electron chi connectivity index (χ4n) is 4.38. The number of nitrogens with one attached hydrogen (secondary N) is 1. The molecule has 0 saturated heterocycles. The summed E-state index contributed by atoms with van der Waals surface area (Å²) in [5.41, 5.74) is 2.77. The number of anilines is 1. The fourth-order valence-corrected chi connectivity index (χ4v) is 4.64. The molecule has 1 aromatic heterocycles. The van der Waals surface area contributed by atoms with Crippen LogP contribution in [0, 0.1) is 5.92 Å². The van der Waals surface area contributed by atoms with Crippen LogP contribution >= 0.6 is 15.9 Å². The fraction of sp³-hybridized carbons (Fsp3) is 0.419. The van der Waals surface area contributed by atoms with E-state index >= 15 is 0 Å². The van der Waals surface area contributed by atoms with Gasteiger partial charge >= 0.3 is 6.03 Å². The van der Waals surface area contributed by atoms with E-state index in [1.807, 2.05) is 43.1 Å². The number of hydrogen-bond donors (Lipinski definition) is 1. The Hall–Kier alpha value is -3.46. The molecule has 2 aromatic carbocycles. The van der Waals surface area contributed by atoms with Gasteiger partial charge in [0.2, 0.25) is 5.91 Å².